The predicted octanol–water partition coefficient (Wildman–Crippen LogP) is 3.00. The summed E-state index contributed by atoms with van der Waals surface area (Å²) in [7, 11) is -3.58. The Kier molecular flexibility index (Phi) is 5.65. The van der Waals surface area contributed by atoms with E-state index in [1.807, 2.05) is 37.3 Å². The van der Waals surface area contributed by atoms with Gasteiger partial charge >= 0.3 is 0 Å². The highest BCUT2D eigenvalue weighted by atomic mass is 32.2. The molecule has 156 valence electrons. The molecule has 3 aromatic rings. The van der Waals surface area contributed by atoms with Crippen molar-refractivity contribution in [3.05, 3.63) is 66.0 Å². The number of aromatic nitrogens is 3. The first-order valence-electron chi connectivity index (χ1n) is 9.85. The molecule has 1 aliphatic heterocycles. The fourth-order valence-corrected chi connectivity index (χ4v) is 4.96. The van der Waals surface area contributed by atoms with Gasteiger partial charge in [0.25, 0.3) is 5.91 Å². The van der Waals surface area contributed by atoms with Crippen LogP contribution in [0.5, 0.6) is 0 Å². The van der Waals surface area contributed by atoms with Crippen molar-refractivity contribution in [3.63, 3.8) is 0 Å². The number of para-hydroxylation sites is 1. The number of nitrogens with one attached hydrogen (secondary N) is 1. The Hall–Kier alpha value is -3.04. The molecule has 1 aliphatic rings. The van der Waals surface area contributed by atoms with Crippen molar-refractivity contribution >= 4 is 21.6 Å². The van der Waals surface area contributed by atoms with Crippen molar-refractivity contribution in [1.29, 1.82) is 0 Å². The van der Waals surface area contributed by atoms with Crippen molar-refractivity contribution in [2.24, 2.45) is 0 Å². The van der Waals surface area contributed by atoms with E-state index >= 15 is 0 Å². The number of sulfonamides is 1. The topological polar surface area (TPSA) is 97.2 Å². The standard InChI is InChI=1S/C21H23N5O3S/c1-16-10-11-18(30(28,29)25-12-6-3-7-13-25)14-19(16)22-21(27)20-15-26(24-23-20)17-8-4-2-5-9-17/h2,4-5,8-11,14-15H,3,6-7,12-13H2,1H3,(H,22,27). The quantitative estimate of drug-likeness (QED) is 0.678. The summed E-state index contributed by atoms with van der Waals surface area (Å²) in [5.41, 5.74) is 2.13. The Balaban J connectivity index is 1.55. The van der Waals surface area contributed by atoms with E-state index < -0.39 is 15.9 Å². The summed E-state index contributed by atoms with van der Waals surface area (Å²) in [5.74, 6) is -0.451. The van der Waals surface area contributed by atoms with Gasteiger partial charge in [0.15, 0.2) is 5.69 Å². The first-order chi connectivity index (χ1) is 14.4. The monoisotopic (exact) mass is 425 g/mol. The lowest BCUT2D eigenvalue weighted by Crippen LogP contribution is -2.35. The first-order valence-corrected chi connectivity index (χ1v) is 11.3. The van der Waals surface area contributed by atoms with E-state index in [9.17, 15) is 13.2 Å². The molecule has 0 bridgehead atoms. The van der Waals surface area contributed by atoms with Crippen LogP contribution < -0.4 is 5.32 Å². The summed E-state index contributed by atoms with van der Waals surface area (Å²) in [4.78, 5) is 12.9. The van der Waals surface area contributed by atoms with Crippen molar-refractivity contribution in [2.45, 2.75) is 31.1 Å². The second-order valence-electron chi connectivity index (χ2n) is 7.28. The Labute approximate surface area is 175 Å². The number of carbonyl (C=O) groups excluding carboxylic acids is 1. The molecule has 1 aromatic heterocycles. The Morgan fingerprint density at radius 3 is 2.50 bits per heavy atom. The number of hydrogen-bond acceptors (Lipinski definition) is 5. The molecule has 8 nitrogen and oxygen atoms in total. The van der Waals surface area contributed by atoms with Gasteiger partial charge in [-0.05, 0) is 49.6 Å². The molecule has 2 aromatic carbocycles. The zero-order valence-electron chi connectivity index (χ0n) is 16.7. The fourth-order valence-electron chi connectivity index (χ4n) is 3.41. The third kappa shape index (κ3) is 4.12. The van der Waals surface area contributed by atoms with Crippen LogP contribution in [0.1, 0.15) is 35.3 Å². The summed E-state index contributed by atoms with van der Waals surface area (Å²) in [6, 6.07) is 14.1. The average Bonchev–Trinajstić information content (AvgIpc) is 3.27. The van der Waals surface area contributed by atoms with Gasteiger partial charge < -0.3 is 5.32 Å². The van der Waals surface area contributed by atoms with Crippen LogP contribution in [-0.2, 0) is 10.0 Å². The number of benzene rings is 2. The minimum absolute atomic E-state index is 0.141. The highest BCUT2D eigenvalue weighted by Gasteiger charge is 2.26. The number of hydrogen-bond donors (Lipinski definition) is 1. The molecule has 0 atom stereocenters. The molecule has 1 saturated heterocycles. The van der Waals surface area contributed by atoms with E-state index in [1.54, 1.807) is 12.1 Å². The van der Waals surface area contributed by atoms with Gasteiger partial charge in [0.05, 0.1) is 16.8 Å². The third-order valence-electron chi connectivity index (χ3n) is 5.16. The molecule has 0 radical (unpaired) electrons. The minimum atomic E-state index is -3.58. The molecule has 4 rings (SSSR count). The number of amides is 1. The molecular weight excluding hydrogens is 402 g/mol. The van der Waals surface area contributed by atoms with Gasteiger partial charge in [0, 0.05) is 18.8 Å². The number of nitrogens with zero attached hydrogens (tertiary/aromatic N) is 4. The fraction of sp³-hybridized carbons (Fsp3) is 0.286. The second-order valence-corrected chi connectivity index (χ2v) is 9.22. The van der Waals surface area contributed by atoms with Gasteiger partial charge in [-0.2, -0.15) is 4.31 Å². The number of anilines is 1. The molecular formula is C21H23N5O3S. The Bertz CT molecular complexity index is 1150. The van der Waals surface area contributed by atoms with Gasteiger partial charge in [0.1, 0.15) is 0 Å². The highest BCUT2D eigenvalue weighted by molar-refractivity contribution is 7.89. The normalized spacial score (nSPS) is 15.1. The summed E-state index contributed by atoms with van der Waals surface area (Å²) in [6.07, 6.45) is 4.32. The smallest absolute Gasteiger partial charge is 0.277 e. The zero-order chi connectivity index (χ0) is 21.1. The SMILES string of the molecule is Cc1ccc(S(=O)(=O)N2CCCCC2)cc1NC(=O)c1cn(-c2ccccc2)nn1. The van der Waals surface area contributed by atoms with Crippen LogP contribution >= 0.6 is 0 Å². The molecule has 9 heteroatoms. The minimum Gasteiger partial charge on any atom is -0.320 e. The predicted molar refractivity (Wildman–Crippen MR) is 113 cm³/mol. The van der Waals surface area contributed by atoms with Crippen LogP contribution in [-0.4, -0.2) is 46.7 Å². The lowest BCUT2D eigenvalue weighted by atomic mass is 10.2. The van der Waals surface area contributed by atoms with E-state index in [2.05, 4.69) is 15.6 Å². The van der Waals surface area contributed by atoms with Crippen molar-refractivity contribution < 1.29 is 13.2 Å². The van der Waals surface area contributed by atoms with Crippen LogP contribution in [0, 0.1) is 6.92 Å². The number of carbonyl (C=O) groups is 1. The lowest BCUT2D eigenvalue weighted by molar-refractivity contribution is 0.102. The van der Waals surface area contributed by atoms with Gasteiger partial charge in [-0.3, -0.25) is 4.79 Å². The highest BCUT2D eigenvalue weighted by Crippen LogP contribution is 2.25. The Morgan fingerprint density at radius 1 is 1.03 bits per heavy atom. The molecule has 30 heavy (non-hydrogen) atoms. The second kappa shape index (κ2) is 8.37. The largest absolute Gasteiger partial charge is 0.320 e. The van der Waals surface area contributed by atoms with Crippen LogP contribution in [0.4, 0.5) is 5.69 Å². The van der Waals surface area contributed by atoms with Gasteiger partial charge in [-0.25, -0.2) is 13.1 Å². The van der Waals surface area contributed by atoms with Crippen molar-refractivity contribution in [2.75, 3.05) is 18.4 Å². The van der Waals surface area contributed by atoms with Gasteiger partial charge in [-0.1, -0.05) is 35.9 Å². The zero-order valence-corrected chi connectivity index (χ0v) is 17.5. The molecule has 1 N–H and O–H groups in total. The van der Waals surface area contributed by atoms with E-state index in [4.69, 9.17) is 0 Å². The molecule has 1 amide bonds. The van der Waals surface area contributed by atoms with Crippen LogP contribution in [0.3, 0.4) is 0 Å². The molecule has 2 heterocycles. The van der Waals surface area contributed by atoms with Crippen LogP contribution in [0.15, 0.2) is 59.6 Å². The summed E-state index contributed by atoms with van der Waals surface area (Å²) >= 11 is 0. The van der Waals surface area contributed by atoms with Crippen molar-refractivity contribution in [1.82, 2.24) is 19.3 Å². The van der Waals surface area contributed by atoms with Crippen LogP contribution in [0.2, 0.25) is 0 Å². The van der Waals surface area contributed by atoms with Gasteiger partial charge in [0.2, 0.25) is 10.0 Å². The van der Waals surface area contributed by atoms with Gasteiger partial charge in [-0.15, -0.1) is 5.10 Å². The van der Waals surface area contributed by atoms with E-state index in [0.29, 0.717) is 18.8 Å². The number of aryl methyl sites for hydroxylation is 1. The molecule has 1 fully saturated rings. The summed E-state index contributed by atoms with van der Waals surface area (Å²) in [5, 5.41) is 10.7. The van der Waals surface area contributed by atoms with E-state index in [1.165, 1.54) is 21.3 Å². The third-order valence-corrected chi connectivity index (χ3v) is 7.05. The molecule has 0 aliphatic carbocycles. The van der Waals surface area contributed by atoms with Crippen molar-refractivity contribution in [3.8, 4) is 5.69 Å². The molecule has 0 saturated carbocycles. The molecule has 0 unspecified atom stereocenters. The maximum atomic E-state index is 13.0. The average molecular weight is 426 g/mol. The van der Waals surface area contributed by atoms with E-state index in [-0.39, 0.29) is 10.6 Å². The van der Waals surface area contributed by atoms with E-state index in [0.717, 1.165) is 30.5 Å². The summed E-state index contributed by atoms with van der Waals surface area (Å²) in [6.45, 7) is 2.87. The molecule has 0 spiro atoms. The lowest BCUT2D eigenvalue weighted by Gasteiger charge is -2.26. The number of rotatable bonds is 5. The number of piperidine rings is 1. The Morgan fingerprint density at radius 2 is 1.77 bits per heavy atom. The maximum Gasteiger partial charge on any atom is 0.277 e. The maximum absolute atomic E-state index is 13.0. The first kappa shape index (κ1) is 20.2. The summed E-state index contributed by atoms with van der Waals surface area (Å²) < 4.78 is 28.9. The van der Waals surface area contributed by atoms with Crippen LogP contribution in [0.25, 0.3) is 5.69 Å².